The predicted molar refractivity (Wildman–Crippen MR) is 124 cm³/mol. The number of rotatable bonds is 9. The molecule has 0 unspecified atom stereocenters. The Morgan fingerprint density at radius 3 is 2.57 bits per heavy atom. The van der Waals surface area contributed by atoms with Crippen LogP contribution in [0.2, 0.25) is 0 Å². The summed E-state index contributed by atoms with van der Waals surface area (Å²) < 4.78 is 0. The zero-order valence-electron chi connectivity index (χ0n) is 18.1. The first kappa shape index (κ1) is 24.2. The molecule has 0 bridgehead atoms. The van der Waals surface area contributed by atoms with Gasteiger partial charge in [0.15, 0.2) is 0 Å². The van der Waals surface area contributed by atoms with Gasteiger partial charge in [-0.25, -0.2) is 0 Å². The summed E-state index contributed by atoms with van der Waals surface area (Å²) >= 11 is 2.94. The number of anilines is 1. The van der Waals surface area contributed by atoms with Crippen molar-refractivity contribution in [2.75, 3.05) is 5.32 Å². The minimum absolute atomic E-state index is 0.120. The van der Waals surface area contributed by atoms with E-state index in [1.807, 2.05) is 38.3 Å². The van der Waals surface area contributed by atoms with Gasteiger partial charge in [-0.15, -0.1) is 21.5 Å². The van der Waals surface area contributed by atoms with Gasteiger partial charge in [-0.05, 0) is 23.8 Å². The van der Waals surface area contributed by atoms with E-state index in [0.717, 1.165) is 9.88 Å². The molecule has 9 heteroatoms. The average molecular weight is 450 g/mol. The van der Waals surface area contributed by atoms with E-state index in [9.17, 15) is 9.59 Å². The maximum absolute atomic E-state index is 12.5. The van der Waals surface area contributed by atoms with Crippen molar-refractivity contribution in [3.8, 4) is 0 Å². The molecule has 30 heavy (non-hydrogen) atoms. The largest absolute Gasteiger partial charge is 0.349 e. The number of aromatic nitrogens is 2. The van der Waals surface area contributed by atoms with Crippen LogP contribution in [0.4, 0.5) is 5.13 Å². The zero-order valence-corrected chi connectivity index (χ0v) is 19.8. The molecular formula is C21H31N5O2S2. The average Bonchev–Trinajstić information content (AvgIpc) is 3.30. The molecule has 2 amide bonds. The Labute approximate surface area is 186 Å². The van der Waals surface area contributed by atoms with Crippen molar-refractivity contribution in [1.29, 1.82) is 0 Å². The molecule has 0 aliphatic heterocycles. The van der Waals surface area contributed by atoms with Gasteiger partial charge >= 0.3 is 0 Å². The molecule has 0 aromatic carbocycles. The summed E-state index contributed by atoms with van der Waals surface area (Å²) in [5.74, 6) is -0.190. The number of nitrogens with two attached hydrogens (primary N) is 1. The minimum Gasteiger partial charge on any atom is -0.349 e. The number of hydrogen-bond acceptors (Lipinski definition) is 7. The van der Waals surface area contributed by atoms with E-state index in [-0.39, 0.29) is 23.3 Å². The number of carbonyl (C=O) groups excluding carboxylic acids is 2. The Bertz CT molecular complexity index is 853. The molecule has 2 aromatic heterocycles. The van der Waals surface area contributed by atoms with E-state index in [0.29, 0.717) is 23.9 Å². The molecule has 2 rings (SSSR count). The SMILES string of the molecule is CC(C)C[C@@H](/C=C/C(=O)Nc1nnc(C(C)(C)C)s1)NC(=O)[C@@H](N)Cc1cccs1. The van der Waals surface area contributed by atoms with Crippen molar-refractivity contribution in [2.24, 2.45) is 11.7 Å². The molecule has 2 aromatic rings. The number of hydrogen-bond donors (Lipinski definition) is 3. The van der Waals surface area contributed by atoms with Gasteiger partial charge in [0.25, 0.3) is 0 Å². The standard InChI is InChI=1S/C21H31N5O2S2/c1-13(2)11-14(23-18(28)16(22)12-15-7-6-10-29-15)8-9-17(27)24-20-26-25-19(30-20)21(3,4)5/h6-10,13-14,16H,11-12,22H2,1-5H3,(H,23,28)(H,24,26,27)/b9-8+/t14-,16+/m1/s1. The fraction of sp³-hybridized carbons (Fsp3) is 0.524. The first-order valence-corrected chi connectivity index (χ1v) is 11.7. The first-order chi connectivity index (χ1) is 14.0. The third-order valence-corrected chi connectivity index (χ3v) is 6.33. The van der Waals surface area contributed by atoms with Gasteiger partial charge in [0.1, 0.15) is 5.01 Å². The Morgan fingerprint density at radius 2 is 2.00 bits per heavy atom. The van der Waals surface area contributed by atoms with Gasteiger partial charge in [0.05, 0.1) is 6.04 Å². The van der Waals surface area contributed by atoms with Crippen LogP contribution in [0.1, 0.15) is 50.9 Å². The van der Waals surface area contributed by atoms with Crippen molar-refractivity contribution >= 4 is 39.6 Å². The summed E-state index contributed by atoms with van der Waals surface area (Å²) in [6.45, 7) is 10.3. The van der Waals surface area contributed by atoms with Crippen LogP contribution in [0.15, 0.2) is 29.7 Å². The lowest BCUT2D eigenvalue weighted by atomic mass is 9.98. The maximum Gasteiger partial charge on any atom is 0.249 e. The molecule has 0 aliphatic carbocycles. The third kappa shape index (κ3) is 7.97. The van der Waals surface area contributed by atoms with E-state index >= 15 is 0 Å². The van der Waals surface area contributed by atoms with Crippen LogP contribution < -0.4 is 16.4 Å². The van der Waals surface area contributed by atoms with Gasteiger partial charge in [-0.3, -0.25) is 14.9 Å². The molecule has 4 N–H and O–H groups in total. The van der Waals surface area contributed by atoms with Crippen molar-refractivity contribution in [3.05, 3.63) is 39.5 Å². The minimum atomic E-state index is -0.627. The molecule has 164 valence electrons. The third-order valence-electron chi connectivity index (χ3n) is 4.17. The second-order valence-corrected chi connectivity index (χ2v) is 10.7. The van der Waals surface area contributed by atoms with Crippen molar-refractivity contribution in [3.63, 3.8) is 0 Å². The lowest BCUT2D eigenvalue weighted by Gasteiger charge is -2.19. The number of carbonyl (C=O) groups is 2. The number of amides is 2. The fourth-order valence-electron chi connectivity index (χ4n) is 2.65. The molecule has 7 nitrogen and oxygen atoms in total. The topological polar surface area (TPSA) is 110 Å². The molecule has 0 spiro atoms. The van der Waals surface area contributed by atoms with E-state index in [1.165, 1.54) is 17.4 Å². The molecule has 0 saturated heterocycles. The molecule has 0 radical (unpaired) electrons. The van der Waals surface area contributed by atoms with E-state index < -0.39 is 6.04 Å². The second kappa shape index (κ2) is 10.8. The molecule has 0 aliphatic rings. The second-order valence-electron chi connectivity index (χ2n) is 8.65. The molecule has 2 heterocycles. The highest BCUT2D eigenvalue weighted by molar-refractivity contribution is 7.15. The zero-order chi connectivity index (χ0) is 22.3. The van der Waals surface area contributed by atoms with E-state index in [4.69, 9.17) is 5.73 Å². The first-order valence-electron chi connectivity index (χ1n) is 9.96. The summed E-state index contributed by atoms with van der Waals surface area (Å²) in [4.78, 5) is 25.9. The van der Waals surface area contributed by atoms with Crippen LogP contribution in [0, 0.1) is 5.92 Å². The van der Waals surface area contributed by atoms with Crippen LogP contribution in [-0.2, 0) is 21.4 Å². The Hall–Kier alpha value is -2.10. The van der Waals surface area contributed by atoms with E-state index in [1.54, 1.807) is 17.4 Å². The van der Waals surface area contributed by atoms with Crippen molar-refractivity contribution < 1.29 is 9.59 Å². The number of nitrogens with one attached hydrogen (secondary N) is 2. The summed E-state index contributed by atoms with van der Waals surface area (Å²) in [5.41, 5.74) is 5.94. The van der Waals surface area contributed by atoms with Crippen LogP contribution in [0.5, 0.6) is 0 Å². The normalized spacial score (nSPS) is 14.1. The summed E-state index contributed by atoms with van der Waals surface area (Å²) in [7, 11) is 0. The van der Waals surface area contributed by atoms with Crippen LogP contribution in [-0.4, -0.2) is 34.1 Å². The monoisotopic (exact) mass is 449 g/mol. The van der Waals surface area contributed by atoms with Gasteiger partial charge in [0, 0.05) is 28.8 Å². The highest BCUT2D eigenvalue weighted by atomic mass is 32.1. The fourth-order valence-corrected chi connectivity index (χ4v) is 4.22. The van der Waals surface area contributed by atoms with Crippen molar-refractivity contribution in [1.82, 2.24) is 15.5 Å². The Morgan fingerprint density at radius 1 is 1.27 bits per heavy atom. The van der Waals surface area contributed by atoms with Crippen LogP contribution >= 0.6 is 22.7 Å². The summed E-state index contributed by atoms with van der Waals surface area (Å²) in [6.07, 6.45) is 4.33. The smallest absolute Gasteiger partial charge is 0.249 e. The van der Waals surface area contributed by atoms with Gasteiger partial charge in [0.2, 0.25) is 16.9 Å². The summed E-state index contributed by atoms with van der Waals surface area (Å²) in [6, 6.07) is 3.00. The lowest BCUT2D eigenvalue weighted by molar-refractivity contribution is -0.122. The molecule has 0 fully saturated rings. The highest BCUT2D eigenvalue weighted by Gasteiger charge is 2.20. The van der Waals surface area contributed by atoms with Crippen LogP contribution in [0.25, 0.3) is 0 Å². The maximum atomic E-state index is 12.5. The van der Waals surface area contributed by atoms with E-state index in [2.05, 4.69) is 34.7 Å². The lowest BCUT2D eigenvalue weighted by Crippen LogP contribution is -2.46. The predicted octanol–water partition coefficient (Wildman–Crippen LogP) is 3.49. The van der Waals surface area contributed by atoms with Crippen molar-refractivity contribution in [2.45, 2.75) is 65.0 Å². The van der Waals surface area contributed by atoms with Gasteiger partial charge < -0.3 is 11.1 Å². The van der Waals surface area contributed by atoms with Gasteiger partial charge in [-0.2, -0.15) is 0 Å². The number of nitrogens with zero attached hydrogens (tertiary/aromatic N) is 2. The Kier molecular flexibility index (Phi) is 8.69. The highest BCUT2D eigenvalue weighted by Crippen LogP contribution is 2.27. The quantitative estimate of drug-likeness (QED) is 0.508. The molecular weight excluding hydrogens is 418 g/mol. The van der Waals surface area contributed by atoms with Gasteiger partial charge in [-0.1, -0.05) is 58.1 Å². The number of thiophene rings is 1. The summed E-state index contributed by atoms with van der Waals surface area (Å²) in [5, 5.41) is 17.1. The Balaban J connectivity index is 1.95. The molecule has 2 atom stereocenters. The molecule has 0 saturated carbocycles. The van der Waals surface area contributed by atoms with Crippen LogP contribution in [0.3, 0.4) is 0 Å².